The Morgan fingerprint density at radius 1 is 1.25 bits per heavy atom. The molecule has 2 saturated heterocycles. The maximum Gasteiger partial charge on any atom is 0.248 e. The first-order valence-corrected chi connectivity index (χ1v) is 11.9. The lowest BCUT2D eigenvalue weighted by Crippen LogP contribution is -2.37. The number of amides is 1. The van der Waals surface area contributed by atoms with Crippen molar-refractivity contribution < 1.29 is 22.7 Å². The SMILES string of the molecule is COc1ccc(CN2C(=NC(=O)CC(C)C)SC3CS(=O)(=O)CC32)cc1OC. The van der Waals surface area contributed by atoms with Crippen LogP contribution < -0.4 is 9.47 Å². The molecule has 9 heteroatoms. The molecule has 28 heavy (non-hydrogen) atoms. The molecule has 0 saturated carbocycles. The summed E-state index contributed by atoms with van der Waals surface area (Å²) in [5.41, 5.74) is 0.937. The van der Waals surface area contributed by atoms with E-state index in [2.05, 4.69) is 4.99 Å². The molecule has 3 rings (SSSR count). The van der Waals surface area contributed by atoms with Crippen LogP contribution in [0.4, 0.5) is 0 Å². The van der Waals surface area contributed by atoms with Crippen molar-refractivity contribution in [3.63, 3.8) is 0 Å². The molecule has 2 fully saturated rings. The van der Waals surface area contributed by atoms with Gasteiger partial charge in [-0.15, -0.1) is 0 Å². The minimum absolute atomic E-state index is 0.0873. The van der Waals surface area contributed by atoms with Crippen LogP contribution in [0.3, 0.4) is 0 Å². The summed E-state index contributed by atoms with van der Waals surface area (Å²) in [6.07, 6.45) is 0.377. The fourth-order valence-corrected chi connectivity index (χ4v) is 7.47. The van der Waals surface area contributed by atoms with Gasteiger partial charge in [0.2, 0.25) is 5.91 Å². The molecular formula is C19H26N2O5S2. The second-order valence-electron chi connectivity index (χ2n) is 7.50. The smallest absolute Gasteiger partial charge is 0.248 e. The van der Waals surface area contributed by atoms with Crippen LogP contribution in [0.2, 0.25) is 0 Å². The molecule has 1 aromatic rings. The Labute approximate surface area is 170 Å². The van der Waals surface area contributed by atoms with Gasteiger partial charge in [-0.1, -0.05) is 31.7 Å². The quantitative estimate of drug-likeness (QED) is 0.690. The number of sulfone groups is 1. The van der Waals surface area contributed by atoms with Gasteiger partial charge in [-0.3, -0.25) is 4.79 Å². The maximum atomic E-state index is 12.3. The molecule has 0 bridgehead atoms. The zero-order chi connectivity index (χ0) is 20.5. The molecule has 2 heterocycles. The van der Waals surface area contributed by atoms with E-state index < -0.39 is 9.84 Å². The summed E-state index contributed by atoms with van der Waals surface area (Å²) in [4.78, 5) is 18.5. The van der Waals surface area contributed by atoms with Gasteiger partial charge >= 0.3 is 0 Å². The first-order valence-electron chi connectivity index (χ1n) is 9.18. The molecular weight excluding hydrogens is 400 g/mol. The van der Waals surface area contributed by atoms with Gasteiger partial charge in [0.05, 0.1) is 31.8 Å². The second kappa shape index (κ2) is 8.32. The number of rotatable bonds is 6. The number of hydrogen-bond donors (Lipinski definition) is 0. The number of ether oxygens (including phenoxy) is 2. The summed E-state index contributed by atoms with van der Waals surface area (Å²) in [5.74, 6) is 1.51. The first-order chi connectivity index (χ1) is 13.2. The summed E-state index contributed by atoms with van der Waals surface area (Å²) in [5, 5.41) is 0.529. The average molecular weight is 427 g/mol. The number of hydrogen-bond acceptors (Lipinski definition) is 6. The number of amidine groups is 1. The Balaban J connectivity index is 1.89. The normalized spacial score (nSPS) is 24.6. The number of methoxy groups -OCH3 is 2. The Kier molecular flexibility index (Phi) is 6.24. The van der Waals surface area contributed by atoms with Gasteiger partial charge in [0.15, 0.2) is 26.5 Å². The van der Waals surface area contributed by atoms with Gasteiger partial charge in [-0.05, 0) is 23.6 Å². The summed E-state index contributed by atoms with van der Waals surface area (Å²) in [6, 6.07) is 5.43. The predicted octanol–water partition coefficient (Wildman–Crippen LogP) is 2.35. The molecule has 0 radical (unpaired) electrons. The van der Waals surface area contributed by atoms with Crippen LogP contribution in [0.1, 0.15) is 25.8 Å². The van der Waals surface area contributed by atoms with E-state index in [1.54, 1.807) is 14.2 Å². The highest BCUT2D eigenvalue weighted by Crippen LogP contribution is 2.39. The molecule has 1 amide bonds. The van der Waals surface area contributed by atoms with Crippen LogP contribution in [0.15, 0.2) is 23.2 Å². The van der Waals surface area contributed by atoms with E-state index in [0.717, 1.165) is 5.56 Å². The van der Waals surface area contributed by atoms with Crippen molar-refractivity contribution in [2.45, 2.75) is 38.1 Å². The highest BCUT2D eigenvalue weighted by Gasteiger charge is 2.48. The second-order valence-corrected chi connectivity index (χ2v) is 10.9. The number of benzene rings is 1. The highest BCUT2D eigenvalue weighted by molar-refractivity contribution is 8.15. The summed E-state index contributed by atoms with van der Waals surface area (Å²) in [6.45, 7) is 4.41. The number of nitrogens with zero attached hydrogens (tertiary/aromatic N) is 2. The van der Waals surface area contributed by atoms with Crippen LogP contribution in [0, 0.1) is 5.92 Å². The number of thioether (sulfide) groups is 1. The third-order valence-electron chi connectivity index (χ3n) is 4.78. The molecule has 154 valence electrons. The largest absolute Gasteiger partial charge is 0.493 e. The van der Waals surface area contributed by atoms with Crippen LogP contribution in [0.25, 0.3) is 0 Å². The average Bonchev–Trinajstić information content (AvgIpc) is 3.06. The van der Waals surface area contributed by atoms with Crippen molar-refractivity contribution >= 4 is 32.7 Å². The molecule has 2 atom stereocenters. The Hall–Kier alpha value is -1.74. The fraction of sp³-hybridized carbons (Fsp3) is 0.579. The third kappa shape index (κ3) is 4.63. The van der Waals surface area contributed by atoms with Gasteiger partial charge in [0.25, 0.3) is 0 Å². The first kappa shape index (κ1) is 21.0. The van der Waals surface area contributed by atoms with E-state index >= 15 is 0 Å². The highest BCUT2D eigenvalue weighted by atomic mass is 32.2. The van der Waals surface area contributed by atoms with E-state index in [0.29, 0.717) is 29.6 Å². The minimum Gasteiger partial charge on any atom is -0.493 e. The van der Waals surface area contributed by atoms with Crippen LogP contribution in [-0.2, 0) is 21.2 Å². The molecule has 0 aliphatic carbocycles. The number of carbonyl (C=O) groups excluding carboxylic acids is 1. The van der Waals surface area contributed by atoms with E-state index in [1.165, 1.54) is 11.8 Å². The molecule has 2 unspecified atom stereocenters. The van der Waals surface area contributed by atoms with Crippen molar-refractivity contribution in [3.8, 4) is 11.5 Å². The molecule has 1 aromatic carbocycles. The lowest BCUT2D eigenvalue weighted by Gasteiger charge is -2.25. The predicted molar refractivity (Wildman–Crippen MR) is 111 cm³/mol. The standard InChI is InChI=1S/C19H26N2O5S2/c1-12(2)7-18(22)20-19-21(14-10-28(23,24)11-17(14)27-19)9-13-5-6-15(25-3)16(8-13)26-4/h5-6,8,12,14,17H,7,9-11H2,1-4H3. The summed E-state index contributed by atoms with van der Waals surface area (Å²) >= 11 is 1.40. The van der Waals surface area contributed by atoms with E-state index in [4.69, 9.17) is 9.47 Å². The zero-order valence-corrected chi connectivity index (χ0v) is 18.2. The van der Waals surface area contributed by atoms with Crippen molar-refractivity contribution in [2.24, 2.45) is 10.9 Å². The van der Waals surface area contributed by atoms with Crippen LogP contribution in [-0.4, -0.2) is 61.4 Å². The number of fused-ring (bicyclic) bond motifs is 1. The van der Waals surface area contributed by atoms with Gasteiger partial charge in [0.1, 0.15) is 0 Å². The monoisotopic (exact) mass is 426 g/mol. The maximum absolute atomic E-state index is 12.3. The van der Waals surface area contributed by atoms with Gasteiger partial charge in [-0.25, -0.2) is 8.42 Å². The zero-order valence-electron chi connectivity index (χ0n) is 16.5. The Morgan fingerprint density at radius 2 is 1.96 bits per heavy atom. The molecule has 2 aliphatic heterocycles. The topological polar surface area (TPSA) is 85.3 Å². The van der Waals surface area contributed by atoms with Crippen LogP contribution in [0.5, 0.6) is 11.5 Å². The lowest BCUT2D eigenvalue weighted by molar-refractivity contribution is -0.118. The molecule has 2 aliphatic rings. The Morgan fingerprint density at radius 3 is 2.61 bits per heavy atom. The van der Waals surface area contributed by atoms with Gasteiger partial charge in [-0.2, -0.15) is 4.99 Å². The van der Waals surface area contributed by atoms with Crippen molar-refractivity contribution in [1.82, 2.24) is 4.90 Å². The van der Waals surface area contributed by atoms with E-state index in [-0.39, 0.29) is 34.6 Å². The number of carbonyl (C=O) groups is 1. The fourth-order valence-electron chi connectivity index (χ4n) is 3.50. The van der Waals surface area contributed by atoms with E-state index in [9.17, 15) is 13.2 Å². The van der Waals surface area contributed by atoms with Crippen molar-refractivity contribution in [2.75, 3.05) is 25.7 Å². The van der Waals surface area contributed by atoms with Crippen molar-refractivity contribution in [1.29, 1.82) is 0 Å². The van der Waals surface area contributed by atoms with Gasteiger partial charge < -0.3 is 14.4 Å². The van der Waals surface area contributed by atoms with Crippen molar-refractivity contribution in [3.05, 3.63) is 23.8 Å². The number of aliphatic imine (C=N–C) groups is 1. The Bertz CT molecular complexity index is 882. The van der Waals surface area contributed by atoms with Crippen LogP contribution >= 0.6 is 11.8 Å². The molecule has 0 aromatic heterocycles. The van der Waals surface area contributed by atoms with E-state index in [1.807, 2.05) is 36.9 Å². The third-order valence-corrected chi connectivity index (χ3v) is 8.03. The molecule has 7 nitrogen and oxygen atoms in total. The van der Waals surface area contributed by atoms with Gasteiger partial charge in [0, 0.05) is 18.2 Å². The minimum atomic E-state index is -3.07. The molecule has 0 spiro atoms. The summed E-state index contributed by atoms with van der Waals surface area (Å²) in [7, 11) is 0.0787. The summed E-state index contributed by atoms with van der Waals surface area (Å²) < 4.78 is 34.9. The molecule has 0 N–H and O–H groups in total. The lowest BCUT2D eigenvalue weighted by atomic mass is 10.1.